The van der Waals surface area contributed by atoms with Gasteiger partial charge in [-0.05, 0) is 43.6 Å². The van der Waals surface area contributed by atoms with Crippen LogP contribution < -0.4 is 4.74 Å². The highest BCUT2D eigenvalue weighted by Gasteiger charge is 2.18. The minimum Gasteiger partial charge on any atom is -0.481 e. The Labute approximate surface area is 130 Å². The number of hydrogen-bond donors (Lipinski definition) is 0. The van der Waals surface area contributed by atoms with Gasteiger partial charge < -0.3 is 9.64 Å². The van der Waals surface area contributed by atoms with Crippen LogP contribution in [0, 0.1) is 6.92 Å². The van der Waals surface area contributed by atoms with E-state index in [4.69, 9.17) is 4.74 Å². The average Bonchev–Trinajstić information content (AvgIpc) is 2.51. The SMILES string of the molecule is COc1nccc2c(SN3CCN(C)CC3)c(C)ccc12. The topological polar surface area (TPSA) is 28.6 Å². The summed E-state index contributed by atoms with van der Waals surface area (Å²) >= 11 is 1.87. The lowest BCUT2D eigenvalue weighted by molar-refractivity contribution is 0.233. The van der Waals surface area contributed by atoms with Gasteiger partial charge in [-0.1, -0.05) is 6.07 Å². The monoisotopic (exact) mass is 303 g/mol. The molecule has 4 nitrogen and oxygen atoms in total. The summed E-state index contributed by atoms with van der Waals surface area (Å²) in [7, 11) is 3.86. The zero-order chi connectivity index (χ0) is 14.8. The number of benzene rings is 1. The number of nitrogens with zero attached hydrogens (tertiary/aromatic N) is 3. The van der Waals surface area contributed by atoms with E-state index in [2.05, 4.69) is 46.4 Å². The van der Waals surface area contributed by atoms with Crippen LogP contribution in [-0.2, 0) is 0 Å². The highest BCUT2D eigenvalue weighted by molar-refractivity contribution is 7.97. The van der Waals surface area contributed by atoms with Crippen LogP contribution >= 0.6 is 11.9 Å². The summed E-state index contributed by atoms with van der Waals surface area (Å²) in [6, 6.07) is 6.35. The molecule has 1 aromatic carbocycles. The molecular formula is C16H21N3OS. The molecule has 3 rings (SSSR count). The molecule has 1 aliphatic rings. The number of methoxy groups -OCH3 is 1. The fourth-order valence-corrected chi connectivity index (χ4v) is 3.69. The molecule has 0 N–H and O–H groups in total. The van der Waals surface area contributed by atoms with Gasteiger partial charge >= 0.3 is 0 Å². The van der Waals surface area contributed by atoms with Gasteiger partial charge in [0.15, 0.2) is 0 Å². The molecule has 1 aliphatic heterocycles. The molecule has 1 aromatic heterocycles. The van der Waals surface area contributed by atoms with E-state index in [1.165, 1.54) is 15.8 Å². The van der Waals surface area contributed by atoms with Gasteiger partial charge in [0.05, 0.1) is 7.11 Å². The molecule has 0 bridgehead atoms. The Balaban J connectivity index is 1.95. The lowest BCUT2D eigenvalue weighted by atomic mass is 10.1. The normalized spacial score (nSPS) is 17.3. The first kappa shape index (κ1) is 14.6. The molecule has 112 valence electrons. The molecule has 0 atom stereocenters. The van der Waals surface area contributed by atoms with Crippen LogP contribution in [0.3, 0.4) is 0 Å². The van der Waals surface area contributed by atoms with Crippen molar-refractivity contribution in [2.45, 2.75) is 11.8 Å². The number of aryl methyl sites for hydroxylation is 1. The van der Waals surface area contributed by atoms with E-state index >= 15 is 0 Å². The van der Waals surface area contributed by atoms with Crippen molar-refractivity contribution in [2.24, 2.45) is 0 Å². The number of ether oxygens (including phenoxy) is 1. The van der Waals surface area contributed by atoms with Crippen LogP contribution in [0.25, 0.3) is 10.8 Å². The Kier molecular flexibility index (Phi) is 4.33. The first-order valence-electron chi connectivity index (χ1n) is 7.23. The fraction of sp³-hybridized carbons (Fsp3) is 0.438. The van der Waals surface area contributed by atoms with Crippen molar-refractivity contribution in [3.05, 3.63) is 30.0 Å². The molecule has 0 unspecified atom stereocenters. The second-order valence-corrected chi connectivity index (χ2v) is 6.56. The predicted molar refractivity (Wildman–Crippen MR) is 88.0 cm³/mol. The Morgan fingerprint density at radius 3 is 2.57 bits per heavy atom. The minimum absolute atomic E-state index is 0.702. The lowest BCUT2D eigenvalue weighted by Crippen LogP contribution is -2.41. The number of piperazine rings is 1. The van der Waals surface area contributed by atoms with E-state index in [-0.39, 0.29) is 0 Å². The molecule has 2 heterocycles. The van der Waals surface area contributed by atoms with Crippen molar-refractivity contribution in [3.63, 3.8) is 0 Å². The molecule has 0 saturated carbocycles. The van der Waals surface area contributed by atoms with Crippen LogP contribution in [0.15, 0.2) is 29.3 Å². The van der Waals surface area contributed by atoms with Crippen LogP contribution in [0.2, 0.25) is 0 Å². The van der Waals surface area contributed by atoms with E-state index in [0.717, 1.165) is 31.6 Å². The standard InChI is InChI=1S/C16H21N3OS/c1-12-4-5-14-13(6-7-17-16(14)20-3)15(12)21-19-10-8-18(2)9-11-19/h4-7H,8-11H2,1-3H3. The first-order chi connectivity index (χ1) is 10.2. The summed E-state index contributed by atoms with van der Waals surface area (Å²) in [6.07, 6.45) is 1.83. The summed E-state index contributed by atoms with van der Waals surface area (Å²) in [5.41, 5.74) is 1.31. The van der Waals surface area contributed by atoms with E-state index in [9.17, 15) is 0 Å². The second-order valence-electron chi connectivity index (χ2n) is 5.45. The summed E-state index contributed by atoms with van der Waals surface area (Å²) in [5, 5.41) is 2.31. The second kappa shape index (κ2) is 6.22. The third kappa shape index (κ3) is 3.00. The Bertz CT molecular complexity index is 639. The van der Waals surface area contributed by atoms with Crippen LogP contribution in [0.1, 0.15) is 5.56 Å². The van der Waals surface area contributed by atoms with Gasteiger partial charge in [-0.3, -0.25) is 0 Å². The summed E-state index contributed by atoms with van der Waals surface area (Å²) in [6.45, 7) is 6.62. The number of pyridine rings is 1. The average molecular weight is 303 g/mol. The number of fused-ring (bicyclic) bond motifs is 1. The minimum atomic E-state index is 0.702. The van der Waals surface area contributed by atoms with Crippen LogP contribution in [-0.4, -0.2) is 54.5 Å². The molecule has 0 spiro atoms. The van der Waals surface area contributed by atoms with Gasteiger partial charge in [0.1, 0.15) is 0 Å². The Morgan fingerprint density at radius 1 is 1.10 bits per heavy atom. The van der Waals surface area contributed by atoms with Gasteiger partial charge in [0, 0.05) is 48.0 Å². The number of hydrogen-bond acceptors (Lipinski definition) is 5. The van der Waals surface area contributed by atoms with E-state index in [1.807, 2.05) is 18.1 Å². The molecule has 0 amide bonds. The van der Waals surface area contributed by atoms with Crippen LogP contribution in [0.4, 0.5) is 0 Å². The smallest absolute Gasteiger partial charge is 0.221 e. The molecule has 1 fully saturated rings. The summed E-state index contributed by atoms with van der Waals surface area (Å²) < 4.78 is 7.84. The quantitative estimate of drug-likeness (QED) is 0.813. The predicted octanol–water partition coefficient (Wildman–Crippen LogP) is 2.81. The lowest BCUT2D eigenvalue weighted by Gasteiger charge is -2.31. The molecule has 5 heteroatoms. The fourth-order valence-electron chi connectivity index (χ4n) is 2.60. The molecular weight excluding hydrogens is 282 g/mol. The number of likely N-dealkylation sites (N-methyl/N-ethyl adjacent to an activating group) is 1. The van der Waals surface area contributed by atoms with E-state index in [0.29, 0.717) is 5.88 Å². The van der Waals surface area contributed by atoms with Crippen molar-refractivity contribution in [3.8, 4) is 5.88 Å². The highest BCUT2D eigenvalue weighted by Crippen LogP contribution is 2.36. The van der Waals surface area contributed by atoms with Crippen molar-refractivity contribution in [2.75, 3.05) is 40.3 Å². The maximum Gasteiger partial charge on any atom is 0.221 e. The van der Waals surface area contributed by atoms with Gasteiger partial charge in [0.2, 0.25) is 5.88 Å². The largest absolute Gasteiger partial charge is 0.481 e. The summed E-state index contributed by atoms with van der Waals surface area (Å²) in [4.78, 5) is 7.99. The Hall–Kier alpha value is -1.30. The van der Waals surface area contributed by atoms with Crippen molar-refractivity contribution in [1.82, 2.24) is 14.2 Å². The van der Waals surface area contributed by atoms with Crippen molar-refractivity contribution < 1.29 is 4.74 Å². The zero-order valence-corrected chi connectivity index (χ0v) is 13.6. The third-order valence-electron chi connectivity index (χ3n) is 3.93. The Morgan fingerprint density at radius 2 is 1.86 bits per heavy atom. The van der Waals surface area contributed by atoms with E-state index < -0.39 is 0 Å². The zero-order valence-electron chi connectivity index (χ0n) is 12.8. The molecule has 21 heavy (non-hydrogen) atoms. The number of aromatic nitrogens is 1. The molecule has 0 radical (unpaired) electrons. The molecule has 2 aromatic rings. The number of rotatable bonds is 3. The van der Waals surface area contributed by atoms with Gasteiger partial charge in [-0.25, -0.2) is 9.29 Å². The van der Waals surface area contributed by atoms with Gasteiger partial charge in [-0.15, -0.1) is 0 Å². The third-order valence-corrected chi connectivity index (χ3v) is 5.28. The van der Waals surface area contributed by atoms with Gasteiger partial charge in [-0.2, -0.15) is 0 Å². The maximum absolute atomic E-state index is 5.39. The summed E-state index contributed by atoms with van der Waals surface area (Å²) in [5.74, 6) is 0.702. The van der Waals surface area contributed by atoms with Gasteiger partial charge in [0.25, 0.3) is 0 Å². The van der Waals surface area contributed by atoms with Crippen molar-refractivity contribution >= 4 is 22.7 Å². The molecule has 1 saturated heterocycles. The van der Waals surface area contributed by atoms with Crippen molar-refractivity contribution in [1.29, 1.82) is 0 Å². The first-order valence-corrected chi connectivity index (χ1v) is 8.00. The maximum atomic E-state index is 5.39. The van der Waals surface area contributed by atoms with E-state index in [1.54, 1.807) is 7.11 Å². The molecule has 0 aliphatic carbocycles. The van der Waals surface area contributed by atoms with Crippen LogP contribution in [0.5, 0.6) is 5.88 Å². The highest BCUT2D eigenvalue weighted by atomic mass is 32.2.